The molecule has 2 aromatic carbocycles. The first-order valence-electron chi connectivity index (χ1n) is 8.03. The smallest absolute Gasteiger partial charge is 0.115 e. The number of aromatic hydroxyl groups is 1. The van der Waals surface area contributed by atoms with Crippen LogP contribution in [0.1, 0.15) is 28.7 Å². The molecule has 130 valence electrons. The summed E-state index contributed by atoms with van der Waals surface area (Å²) in [6.45, 7) is 4.45. The van der Waals surface area contributed by atoms with Crippen LogP contribution in [0, 0.1) is 0 Å². The van der Waals surface area contributed by atoms with E-state index in [1.807, 2.05) is 0 Å². The van der Waals surface area contributed by atoms with E-state index in [4.69, 9.17) is 0 Å². The maximum atomic E-state index is 9.55. The highest BCUT2D eigenvalue weighted by atomic mass is 35.5. The summed E-state index contributed by atoms with van der Waals surface area (Å²) in [6.07, 6.45) is 0. The maximum Gasteiger partial charge on any atom is 0.115 e. The van der Waals surface area contributed by atoms with Gasteiger partial charge in [-0.05, 0) is 35.9 Å². The Kier molecular flexibility index (Phi) is 6.16. The second-order valence-electron chi connectivity index (χ2n) is 6.55. The Bertz CT molecular complexity index is 677. The molecule has 0 aromatic heterocycles. The first-order chi connectivity index (χ1) is 10.7. The van der Waals surface area contributed by atoms with E-state index in [0.717, 1.165) is 26.2 Å². The number of rotatable bonds is 1. The van der Waals surface area contributed by atoms with Crippen molar-refractivity contribution >= 4 is 24.8 Å². The van der Waals surface area contributed by atoms with Crippen molar-refractivity contribution in [3.05, 3.63) is 65.2 Å². The van der Waals surface area contributed by atoms with E-state index >= 15 is 0 Å². The number of fused-ring (bicyclic) bond motifs is 3. The van der Waals surface area contributed by atoms with Gasteiger partial charge in [0.2, 0.25) is 0 Å². The summed E-state index contributed by atoms with van der Waals surface area (Å²) in [6, 6.07) is 17.1. The normalized spacial score (nSPS) is 23.4. The minimum atomic E-state index is 0. The third-order valence-electron chi connectivity index (χ3n) is 5.14. The Balaban J connectivity index is 0.00000104. The van der Waals surface area contributed by atoms with Crippen molar-refractivity contribution < 1.29 is 5.11 Å². The van der Waals surface area contributed by atoms with Crippen molar-refractivity contribution in [3.8, 4) is 5.75 Å². The zero-order valence-electron chi connectivity index (χ0n) is 13.8. The van der Waals surface area contributed by atoms with Crippen LogP contribution >= 0.6 is 24.8 Å². The summed E-state index contributed by atoms with van der Waals surface area (Å²) in [5.41, 5.74) is 4.21. The van der Waals surface area contributed by atoms with Crippen LogP contribution in [0.15, 0.2) is 48.5 Å². The summed E-state index contributed by atoms with van der Waals surface area (Å²) < 4.78 is 0. The van der Waals surface area contributed by atoms with E-state index in [2.05, 4.69) is 53.2 Å². The molecule has 0 spiro atoms. The molecule has 0 bridgehead atoms. The number of hydrogen-bond donors (Lipinski definition) is 1. The monoisotopic (exact) mass is 366 g/mol. The van der Waals surface area contributed by atoms with Gasteiger partial charge in [-0.25, -0.2) is 0 Å². The molecular formula is C19H24Cl2N2O. The van der Waals surface area contributed by atoms with Crippen LogP contribution in [0.4, 0.5) is 0 Å². The molecule has 2 unspecified atom stereocenters. The van der Waals surface area contributed by atoms with E-state index in [1.54, 1.807) is 12.1 Å². The fraction of sp³-hybridized carbons (Fsp3) is 0.368. The highest BCUT2D eigenvalue weighted by molar-refractivity contribution is 5.85. The summed E-state index contributed by atoms with van der Waals surface area (Å²) in [4.78, 5) is 5.05. The minimum Gasteiger partial charge on any atom is -0.508 e. The number of piperazine rings is 1. The lowest BCUT2D eigenvalue weighted by atomic mass is 9.80. The molecule has 0 amide bonds. The predicted octanol–water partition coefficient (Wildman–Crippen LogP) is 3.67. The molecule has 2 aliphatic heterocycles. The van der Waals surface area contributed by atoms with Crippen molar-refractivity contribution in [2.45, 2.75) is 12.0 Å². The molecule has 2 aromatic rings. The molecule has 2 aliphatic rings. The zero-order valence-corrected chi connectivity index (χ0v) is 15.4. The van der Waals surface area contributed by atoms with Crippen LogP contribution in [0.25, 0.3) is 0 Å². The van der Waals surface area contributed by atoms with Gasteiger partial charge in [-0.1, -0.05) is 36.4 Å². The van der Waals surface area contributed by atoms with E-state index in [0.29, 0.717) is 17.7 Å². The molecule has 2 atom stereocenters. The van der Waals surface area contributed by atoms with Gasteiger partial charge in [0, 0.05) is 38.1 Å². The SMILES string of the molecule is CN1CCN2CC(c3ccc(O)cc3)c3ccccc3C2C1.Cl.Cl. The van der Waals surface area contributed by atoms with Crippen molar-refractivity contribution in [1.29, 1.82) is 0 Å². The van der Waals surface area contributed by atoms with Gasteiger partial charge >= 0.3 is 0 Å². The third kappa shape index (κ3) is 3.40. The van der Waals surface area contributed by atoms with Crippen molar-refractivity contribution in [2.24, 2.45) is 0 Å². The summed E-state index contributed by atoms with van der Waals surface area (Å²) in [7, 11) is 2.21. The fourth-order valence-electron chi connectivity index (χ4n) is 3.93. The summed E-state index contributed by atoms with van der Waals surface area (Å²) in [5, 5.41) is 9.55. The molecule has 0 saturated carbocycles. The molecule has 24 heavy (non-hydrogen) atoms. The molecule has 1 saturated heterocycles. The number of nitrogens with zero attached hydrogens (tertiary/aromatic N) is 2. The van der Waals surface area contributed by atoms with Gasteiger partial charge in [-0.3, -0.25) is 4.90 Å². The number of phenols is 1. The summed E-state index contributed by atoms with van der Waals surface area (Å²) >= 11 is 0. The molecule has 4 rings (SSSR count). The second kappa shape index (κ2) is 7.75. The first kappa shape index (κ1) is 19.1. The molecule has 1 fully saturated rings. The van der Waals surface area contributed by atoms with Crippen LogP contribution in [-0.4, -0.2) is 48.1 Å². The van der Waals surface area contributed by atoms with Crippen molar-refractivity contribution in [3.63, 3.8) is 0 Å². The Hall–Kier alpha value is -1.26. The third-order valence-corrected chi connectivity index (χ3v) is 5.14. The second-order valence-corrected chi connectivity index (χ2v) is 6.55. The molecular weight excluding hydrogens is 343 g/mol. The molecule has 5 heteroatoms. The van der Waals surface area contributed by atoms with E-state index in [9.17, 15) is 5.11 Å². The van der Waals surface area contributed by atoms with Crippen LogP contribution in [0.3, 0.4) is 0 Å². The lowest BCUT2D eigenvalue weighted by Crippen LogP contribution is -2.50. The fourth-order valence-corrected chi connectivity index (χ4v) is 3.93. The van der Waals surface area contributed by atoms with Gasteiger partial charge in [0.25, 0.3) is 0 Å². The molecule has 2 heterocycles. The van der Waals surface area contributed by atoms with Gasteiger partial charge < -0.3 is 10.0 Å². The zero-order chi connectivity index (χ0) is 15.1. The average Bonchev–Trinajstić information content (AvgIpc) is 2.55. The summed E-state index contributed by atoms with van der Waals surface area (Å²) in [5.74, 6) is 0.738. The van der Waals surface area contributed by atoms with Gasteiger partial charge in [-0.2, -0.15) is 0 Å². The number of phenolic OH excluding ortho intramolecular Hbond substituents is 1. The van der Waals surface area contributed by atoms with Gasteiger partial charge in [0.1, 0.15) is 5.75 Å². The Morgan fingerprint density at radius 2 is 1.54 bits per heavy atom. The lowest BCUT2D eigenvalue weighted by Gasteiger charge is -2.46. The highest BCUT2D eigenvalue weighted by Gasteiger charge is 2.36. The largest absolute Gasteiger partial charge is 0.508 e. The quantitative estimate of drug-likeness (QED) is 0.833. The van der Waals surface area contributed by atoms with E-state index < -0.39 is 0 Å². The van der Waals surface area contributed by atoms with Crippen LogP contribution in [0.5, 0.6) is 5.75 Å². The van der Waals surface area contributed by atoms with Crippen LogP contribution in [-0.2, 0) is 0 Å². The Morgan fingerprint density at radius 3 is 2.25 bits per heavy atom. The Morgan fingerprint density at radius 1 is 0.875 bits per heavy atom. The van der Waals surface area contributed by atoms with Crippen molar-refractivity contribution in [2.75, 3.05) is 33.2 Å². The number of benzene rings is 2. The topological polar surface area (TPSA) is 26.7 Å². The van der Waals surface area contributed by atoms with Gasteiger partial charge in [0.05, 0.1) is 0 Å². The van der Waals surface area contributed by atoms with Gasteiger partial charge in [-0.15, -0.1) is 24.8 Å². The molecule has 0 aliphatic carbocycles. The number of hydrogen-bond acceptors (Lipinski definition) is 3. The number of halogens is 2. The molecule has 3 nitrogen and oxygen atoms in total. The van der Waals surface area contributed by atoms with E-state index in [-0.39, 0.29) is 24.8 Å². The van der Waals surface area contributed by atoms with Crippen molar-refractivity contribution in [1.82, 2.24) is 9.80 Å². The van der Waals surface area contributed by atoms with E-state index in [1.165, 1.54) is 16.7 Å². The molecule has 1 N–H and O–H groups in total. The van der Waals surface area contributed by atoms with Crippen LogP contribution in [0.2, 0.25) is 0 Å². The highest BCUT2D eigenvalue weighted by Crippen LogP contribution is 2.40. The van der Waals surface area contributed by atoms with Crippen LogP contribution < -0.4 is 0 Å². The number of likely N-dealkylation sites (N-methyl/N-ethyl adjacent to an activating group) is 1. The first-order valence-corrected chi connectivity index (χ1v) is 8.03. The average molecular weight is 367 g/mol. The Labute approximate surface area is 156 Å². The minimum absolute atomic E-state index is 0. The maximum absolute atomic E-state index is 9.55. The molecule has 0 radical (unpaired) electrons. The van der Waals surface area contributed by atoms with Gasteiger partial charge in [0.15, 0.2) is 0 Å². The standard InChI is InChI=1S/C19H22N2O.2ClH/c1-20-10-11-21-12-18(14-6-8-15(22)9-7-14)16-4-2-3-5-17(16)19(21)13-20;;/h2-9,18-19,22H,10-13H2,1H3;2*1H. The lowest BCUT2D eigenvalue weighted by molar-refractivity contribution is 0.0772. The predicted molar refractivity (Wildman–Crippen MR) is 103 cm³/mol.